The lowest BCUT2D eigenvalue weighted by molar-refractivity contribution is 0.287. The fourth-order valence-electron chi connectivity index (χ4n) is 1.31. The number of ether oxygens (including phenoxy) is 1. The van der Waals surface area contributed by atoms with Crippen LogP contribution in [0.3, 0.4) is 0 Å². The summed E-state index contributed by atoms with van der Waals surface area (Å²) in [7, 11) is 0. The summed E-state index contributed by atoms with van der Waals surface area (Å²) in [6.45, 7) is 6.44. The quantitative estimate of drug-likeness (QED) is 0.562. The maximum Gasteiger partial charge on any atom is 0.242 e. The standard InChI is InChI=1S/C11H18N4O/c1-3-5-6-8-16-11-9(7-4-2)10(12)13-15-14-11/h4H,2-3,5-8H2,1H3,(H2,12,13,14). The van der Waals surface area contributed by atoms with Crippen LogP contribution in [0.2, 0.25) is 0 Å². The van der Waals surface area contributed by atoms with Crippen LogP contribution in [0.5, 0.6) is 5.88 Å². The van der Waals surface area contributed by atoms with E-state index >= 15 is 0 Å². The highest BCUT2D eigenvalue weighted by molar-refractivity contribution is 5.44. The van der Waals surface area contributed by atoms with Crippen molar-refractivity contribution >= 4 is 5.82 Å². The average Bonchev–Trinajstić information content (AvgIpc) is 2.29. The lowest BCUT2D eigenvalue weighted by Gasteiger charge is -2.08. The smallest absolute Gasteiger partial charge is 0.242 e. The number of hydrogen-bond donors (Lipinski definition) is 1. The molecule has 0 aliphatic carbocycles. The van der Waals surface area contributed by atoms with Crippen LogP contribution in [0.4, 0.5) is 5.82 Å². The number of hydrogen-bond acceptors (Lipinski definition) is 5. The molecule has 1 rings (SSSR count). The Morgan fingerprint density at radius 3 is 2.88 bits per heavy atom. The Balaban J connectivity index is 2.63. The van der Waals surface area contributed by atoms with E-state index in [9.17, 15) is 0 Å². The second-order valence-electron chi connectivity index (χ2n) is 3.51. The second-order valence-corrected chi connectivity index (χ2v) is 3.51. The minimum Gasteiger partial charge on any atom is -0.476 e. The largest absolute Gasteiger partial charge is 0.476 e. The maximum atomic E-state index is 5.70. The molecule has 0 aliphatic heterocycles. The van der Waals surface area contributed by atoms with Crippen molar-refractivity contribution in [3.05, 3.63) is 18.2 Å². The van der Waals surface area contributed by atoms with Crippen LogP contribution in [0, 0.1) is 0 Å². The molecule has 5 nitrogen and oxygen atoms in total. The minimum absolute atomic E-state index is 0.361. The highest BCUT2D eigenvalue weighted by Crippen LogP contribution is 2.19. The fraction of sp³-hybridized carbons (Fsp3) is 0.545. The number of rotatable bonds is 7. The number of nitrogens with two attached hydrogens (primary N) is 1. The third-order valence-electron chi connectivity index (χ3n) is 2.19. The van der Waals surface area contributed by atoms with Crippen molar-refractivity contribution in [2.45, 2.75) is 32.6 Å². The highest BCUT2D eigenvalue weighted by atomic mass is 16.5. The van der Waals surface area contributed by atoms with E-state index in [-0.39, 0.29) is 0 Å². The molecule has 88 valence electrons. The zero-order valence-electron chi connectivity index (χ0n) is 9.65. The van der Waals surface area contributed by atoms with Gasteiger partial charge in [0.2, 0.25) is 5.88 Å². The van der Waals surface area contributed by atoms with Gasteiger partial charge in [0.25, 0.3) is 0 Å². The molecule has 5 heteroatoms. The summed E-state index contributed by atoms with van der Waals surface area (Å²) in [6.07, 6.45) is 5.65. The van der Waals surface area contributed by atoms with Gasteiger partial charge < -0.3 is 10.5 Å². The third kappa shape index (κ3) is 3.49. The molecule has 2 N–H and O–H groups in total. The maximum absolute atomic E-state index is 5.70. The van der Waals surface area contributed by atoms with Crippen LogP contribution in [-0.2, 0) is 6.42 Å². The van der Waals surface area contributed by atoms with E-state index in [4.69, 9.17) is 10.5 Å². The number of nitrogen functional groups attached to an aromatic ring is 1. The van der Waals surface area contributed by atoms with Crippen LogP contribution >= 0.6 is 0 Å². The third-order valence-corrected chi connectivity index (χ3v) is 2.19. The zero-order chi connectivity index (χ0) is 11.8. The Labute approximate surface area is 95.7 Å². The zero-order valence-corrected chi connectivity index (χ0v) is 9.65. The predicted molar refractivity (Wildman–Crippen MR) is 63.2 cm³/mol. The Morgan fingerprint density at radius 1 is 1.38 bits per heavy atom. The van der Waals surface area contributed by atoms with Crippen molar-refractivity contribution in [3.8, 4) is 5.88 Å². The van der Waals surface area contributed by atoms with Crippen molar-refractivity contribution < 1.29 is 4.74 Å². The lowest BCUT2D eigenvalue weighted by atomic mass is 10.2. The van der Waals surface area contributed by atoms with E-state index in [0.717, 1.165) is 24.8 Å². The summed E-state index contributed by atoms with van der Waals surface area (Å²) in [5.74, 6) is 0.837. The molecular weight excluding hydrogens is 204 g/mol. The Bertz CT molecular complexity index is 341. The summed E-state index contributed by atoms with van der Waals surface area (Å²) < 4.78 is 5.53. The predicted octanol–water partition coefficient (Wildman–Crippen LogP) is 1.75. The van der Waals surface area contributed by atoms with Gasteiger partial charge in [-0.25, -0.2) is 0 Å². The van der Waals surface area contributed by atoms with Gasteiger partial charge in [0.15, 0.2) is 5.82 Å². The first kappa shape index (κ1) is 12.4. The first-order valence-corrected chi connectivity index (χ1v) is 5.51. The van der Waals surface area contributed by atoms with Crippen molar-refractivity contribution in [1.29, 1.82) is 0 Å². The van der Waals surface area contributed by atoms with Gasteiger partial charge >= 0.3 is 0 Å². The molecule has 0 unspecified atom stereocenters. The number of aromatic nitrogens is 3. The van der Waals surface area contributed by atoms with Crippen LogP contribution in [0.25, 0.3) is 0 Å². The topological polar surface area (TPSA) is 73.9 Å². The monoisotopic (exact) mass is 222 g/mol. The molecule has 1 aromatic heterocycles. The van der Waals surface area contributed by atoms with Crippen molar-refractivity contribution in [2.24, 2.45) is 0 Å². The molecule has 1 heterocycles. The van der Waals surface area contributed by atoms with Crippen molar-refractivity contribution in [1.82, 2.24) is 15.4 Å². The SMILES string of the molecule is C=CCc1c(N)nnnc1OCCCCC. The van der Waals surface area contributed by atoms with Gasteiger partial charge in [-0.05, 0) is 18.1 Å². The van der Waals surface area contributed by atoms with Gasteiger partial charge in [-0.2, -0.15) is 0 Å². The number of unbranched alkanes of at least 4 members (excludes halogenated alkanes) is 2. The molecule has 0 aromatic carbocycles. The Hall–Kier alpha value is -1.65. The molecular formula is C11H18N4O. The molecule has 0 amide bonds. The molecule has 0 saturated heterocycles. The normalized spacial score (nSPS) is 10.1. The molecule has 0 radical (unpaired) electrons. The van der Waals surface area contributed by atoms with Gasteiger partial charge in [-0.1, -0.05) is 30.9 Å². The number of nitrogens with zero attached hydrogens (tertiary/aromatic N) is 3. The highest BCUT2D eigenvalue weighted by Gasteiger charge is 2.09. The van der Waals surface area contributed by atoms with Gasteiger partial charge in [-0.3, -0.25) is 0 Å². The summed E-state index contributed by atoms with van der Waals surface area (Å²) in [5.41, 5.74) is 6.46. The molecule has 0 aliphatic rings. The van der Waals surface area contributed by atoms with Gasteiger partial charge in [-0.15, -0.1) is 11.7 Å². The van der Waals surface area contributed by atoms with Gasteiger partial charge in [0.1, 0.15) is 0 Å². The molecule has 1 aromatic rings. The minimum atomic E-state index is 0.361. The molecule has 0 bridgehead atoms. The van der Waals surface area contributed by atoms with Crippen molar-refractivity contribution in [3.63, 3.8) is 0 Å². The van der Waals surface area contributed by atoms with E-state index < -0.39 is 0 Å². The van der Waals surface area contributed by atoms with E-state index in [1.807, 2.05) is 0 Å². The Morgan fingerprint density at radius 2 is 2.19 bits per heavy atom. The van der Waals surface area contributed by atoms with Crippen LogP contribution in [0.15, 0.2) is 12.7 Å². The van der Waals surface area contributed by atoms with Crippen LogP contribution in [0.1, 0.15) is 31.7 Å². The Kier molecular flexibility index (Phi) is 5.25. The van der Waals surface area contributed by atoms with Crippen LogP contribution < -0.4 is 10.5 Å². The summed E-state index contributed by atoms with van der Waals surface area (Å²) in [4.78, 5) is 0. The molecule has 0 atom stereocenters. The first-order valence-electron chi connectivity index (χ1n) is 5.51. The average molecular weight is 222 g/mol. The van der Waals surface area contributed by atoms with Crippen LogP contribution in [-0.4, -0.2) is 22.0 Å². The van der Waals surface area contributed by atoms with E-state index in [0.29, 0.717) is 24.7 Å². The first-order chi connectivity index (χ1) is 7.79. The van der Waals surface area contributed by atoms with E-state index in [1.165, 1.54) is 0 Å². The van der Waals surface area contributed by atoms with Gasteiger partial charge in [0, 0.05) is 0 Å². The summed E-state index contributed by atoms with van der Waals surface area (Å²) >= 11 is 0. The molecule has 16 heavy (non-hydrogen) atoms. The molecule has 0 saturated carbocycles. The molecule has 0 fully saturated rings. The van der Waals surface area contributed by atoms with E-state index in [1.54, 1.807) is 6.08 Å². The van der Waals surface area contributed by atoms with Crippen molar-refractivity contribution in [2.75, 3.05) is 12.3 Å². The number of anilines is 1. The van der Waals surface area contributed by atoms with Gasteiger partial charge in [0.05, 0.1) is 12.2 Å². The summed E-state index contributed by atoms with van der Waals surface area (Å²) in [6, 6.07) is 0. The lowest BCUT2D eigenvalue weighted by Crippen LogP contribution is -2.08. The fourth-order valence-corrected chi connectivity index (χ4v) is 1.31. The second kappa shape index (κ2) is 6.76. The number of allylic oxidation sites excluding steroid dienone is 1. The molecule has 0 spiro atoms. The summed E-state index contributed by atoms with van der Waals surface area (Å²) in [5, 5.41) is 11.1. The van der Waals surface area contributed by atoms with E-state index in [2.05, 4.69) is 28.9 Å².